The molecule has 45 valence electrons. The van der Waals surface area contributed by atoms with Crippen LogP contribution >= 0.6 is 29.8 Å². The van der Waals surface area contributed by atoms with Crippen LogP contribution in [0.15, 0.2) is 0 Å². The van der Waals surface area contributed by atoms with Gasteiger partial charge in [0.15, 0.2) is 0 Å². The van der Waals surface area contributed by atoms with Crippen LogP contribution in [0.2, 0.25) is 0 Å². The fourth-order valence-corrected chi connectivity index (χ4v) is 0. The van der Waals surface area contributed by atoms with E-state index < -0.39 is 0 Å². The highest BCUT2D eigenvalue weighted by atomic mass is 35.9. The van der Waals surface area contributed by atoms with Crippen LogP contribution < -0.4 is 0 Å². The Morgan fingerprint density at radius 3 is 1.14 bits per heavy atom. The van der Waals surface area contributed by atoms with Gasteiger partial charge in [0.1, 0.15) is 7.29 Å². The minimum atomic E-state index is 0.361. The topological polar surface area (TPSA) is 0 Å². The van der Waals surface area contributed by atoms with Crippen LogP contribution in [-0.4, -0.2) is 0 Å². The van der Waals surface area contributed by atoms with Gasteiger partial charge in [-0.25, -0.2) is 0 Å². The third kappa shape index (κ3) is 172. The summed E-state index contributed by atoms with van der Waals surface area (Å²) in [7, 11) is 0.361. The molecule has 0 aliphatic rings. The van der Waals surface area contributed by atoms with E-state index in [0.29, 0.717) is 7.29 Å². The molecule has 0 saturated carbocycles. The number of halogens is 2. The Morgan fingerprint density at radius 1 is 1.14 bits per heavy atom. The van der Waals surface area contributed by atoms with Crippen molar-refractivity contribution in [2.45, 2.75) is 20.8 Å². The molecule has 0 bridgehead atoms. The van der Waals surface area contributed by atoms with Crippen LogP contribution in [0.1, 0.15) is 20.8 Å². The van der Waals surface area contributed by atoms with E-state index in [1.165, 1.54) is 0 Å². The van der Waals surface area contributed by atoms with Gasteiger partial charge >= 0.3 is 0 Å². The SMILES string of the molecule is CC(C)C.Cl[P]Cl. The second kappa shape index (κ2) is 10.1. The maximum atomic E-state index is 4.74. The highest BCUT2D eigenvalue weighted by Gasteiger charge is 1.68. The van der Waals surface area contributed by atoms with Gasteiger partial charge in [-0.15, -0.1) is 0 Å². The molecule has 3 heteroatoms. The summed E-state index contributed by atoms with van der Waals surface area (Å²) in [4.78, 5) is 0. The lowest BCUT2D eigenvalue weighted by molar-refractivity contribution is 0.737. The number of hydrogen-bond acceptors (Lipinski definition) is 0. The second-order valence-electron chi connectivity index (χ2n) is 1.80. The summed E-state index contributed by atoms with van der Waals surface area (Å²) in [5, 5.41) is 0. The lowest BCUT2D eigenvalue weighted by Gasteiger charge is -1.79. The van der Waals surface area contributed by atoms with Crippen molar-refractivity contribution in [3.8, 4) is 0 Å². The predicted octanol–water partition coefficient (Wildman–Crippen LogP) is 3.90. The highest BCUT2D eigenvalue weighted by molar-refractivity contribution is 7.90. The summed E-state index contributed by atoms with van der Waals surface area (Å²) in [6.07, 6.45) is 0. The van der Waals surface area contributed by atoms with Crippen LogP contribution in [0.4, 0.5) is 0 Å². The average molecular weight is 160 g/mol. The molecule has 0 heterocycles. The molecule has 0 aliphatic heterocycles. The van der Waals surface area contributed by atoms with Gasteiger partial charge in [0.25, 0.3) is 0 Å². The molecule has 0 spiro atoms. The monoisotopic (exact) mass is 159 g/mol. The Kier molecular flexibility index (Phi) is 15.7. The van der Waals surface area contributed by atoms with E-state index in [2.05, 4.69) is 20.8 Å². The zero-order valence-electron chi connectivity index (χ0n) is 4.78. The zero-order chi connectivity index (χ0) is 6.28. The Balaban J connectivity index is 0. The van der Waals surface area contributed by atoms with Crippen molar-refractivity contribution < 1.29 is 0 Å². The lowest BCUT2D eigenvalue weighted by Crippen LogP contribution is -1.66. The summed E-state index contributed by atoms with van der Waals surface area (Å²) < 4.78 is 0. The van der Waals surface area contributed by atoms with Crippen molar-refractivity contribution in [2.24, 2.45) is 5.92 Å². The van der Waals surface area contributed by atoms with Gasteiger partial charge in [-0.05, 0) is 5.92 Å². The Bertz CT molecular complexity index is 20.9. The van der Waals surface area contributed by atoms with E-state index in [4.69, 9.17) is 22.5 Å². The van der Waals surface area contributed by atoms with Crippen LogP contribution in [0.25, 0.3) is 0 Å². The smallest absolute Gasteiger partial charge is 0.0704 e. The van der Waals surface area contributed by atoms with Gasteiger partial charge in [-0.3, -0.25) is 0 Å². The van der Waals surface area contributed by atoms with Crippen LogP contribution in [-0.2, 0) is 0 Å². The molecule has 0 atom stereocenters. The van der Waals surface area contributed by atoms with Crippen molar-refractivity contribution in [1.29, 1.82) is 0 Å². The fourth-order valence-electron chi connectivity index (χ4n) is 0. The Labute approximate surface area is 56.9 Å². The molecule has 0 saturated heterocycles. The summed E-state index contributed by atoms with van der Waals surface area (Å²) in [5.41, 5.74) is 0. The molecule has 0 nitrogen and oxygen atoms in total. The van der Waals surface area contributed by atoms with Gasteiger partial charge in [0.05, 0.1) is 0 Å². The van der Waals surface area contributed by atoms with Crippen molar-refractivity contribution >= 4 is 29.8 Å². The third-order valence-corrected chi connectivity index (χ3v) is 0. The molecule has 0 fully saturated rings. The van der Waals surface area contributed by atoms with E-state index in [1.807, 2.05) is 0 Å². The van der Waals surface area contributed by atoms with E-state index in [-0.39, 0.29) is 0 Å². The molecule has 0 unspecified atom stereocenters. The van der Waals surface area contributed by atoms with Crippen molar-refractivity contribution in [1.82, 2.24) is 0 Å². The molecule has 7 heavy (non-hydrogen) atoms. The first kappa shape index (κ1) is 10.9. The van der Waals surface area contributed by atoms with Gasteiger partial charge < -0.3 is 0 Å². The highest BCUT2D eigenvalue weighted by Crippen LogP contribution is 2.19. The predicted molar refractivity (Wildman–Crippen MR) is 39.1 cm³/mol. The first-order valence-corrected chi connectivity index (χ1v) is 4.77. The maximum Gasteiger partial charge on any atom is 0.141 e. The quantitative estimate of drug-likeness (QED) is 0.471. The van der Waals surface area contributed by atoms with E-state index in [1.54, 1.807) is 0 Å². The van der Waals surface area contributed by atoms with Crippen molar-refractivity contribution in [2.75, 3.05) is 0 Å². The van der Waals surface area contributed by atoms with Crippen LogP contribution in [0, 0.1) is 5.92 Å². The van der Waals surface area contributed by atoms with Gasteiger partial charge in [0, 0.05) is 0 Å². The molecule has 0 amide bonds. The minimum absolute atomic E-state index is 0.361. The Hall–Kier alpha value is 1.01. The summed E-state index contributed by atoms with van der Waals surface area (Å²) in [6, 6.07) is 0. The molecule has 0 N–H and O–H groups in total. The van der Waals surface area contributed by atoms with Gasteiger partial charge in [0.2, 0.25) is 0 Å². The molecular weight excluding hydrogens is 150 g/mol. The van der Waals surface area contributed by atoms with Gasteiger partial charge in [-0.1, -0.05) is 43.3 Å². The Morgan fingerprint density at radius 2 is 1.14 bits per heavy atom. The lowest BCUT2D eigenvalue weighted by atomic mass is 10.3. The molecule has 1 radical (unpaired) electrons. The summed E-state index contributed by atoms with van der Waals surface area (Å²) in [5.74, 6) is 0.833. The van der Waals surface area contributed by atoms with Gasteiger partial charge in [-0.2, -0.15) is 0 Å². The normalized spacial score (nSPS) is 7.71. The third-order valence-electron chi connectivity index (χ3n) is 0. The first-order valence-electron chi connectivity index (χ1n) is 2.07. The van der Waals surface area contributed by atoms with Crippen LogP contribution in [0.5, 0.6) is 0 Å². The standard InChI is InChI=1S/C4H10.Cl2P/c1-4(2)3;1-3-2/h4H,1-3H3;. The summed E-state index contributed by atoms with van der Waals surface area (Å²) >= 11 is 9.47. The molecule has 0 aromatic heterocycles. The molecule has 0 aliphatic carbocycles. The molecular formula is C4H10Cl2P. The van der Waals surface area contributed by atoms with E-state index >= 15 is 0 Å². The fraction of sp³-hybridized carbons (Fsp3) is 1.00. The summed E-state index contributed by atoms with van der Waals surface area (Å²) in [6.45, 7) is 6.50. The van der Waals surface area contributed by atoms with Crippen molar-refractivity contribution in [3.63, 3.8) is 0 Å². The second-order valence-corrected chi connectivity index (χ2v) is 3.46. The maximum absolute atomic E-state index is 4.74. The molecule has 0 rings (SSSR count). The average Bonchev–Trinajstić information content (AvgIpc) is 1.33. The number of hydrogen-bond donors (Lipinski definition) is 0. The molecule has 0 aromatic carbocycles. The van der Waals surface area contributed by atoms with E-state index in [0.717, 1.165) is 5.92 Å². The van der Waals surface area contributed by atoms with E-state index in [9.17, 15) is 0 Å². The first-order chi connectivity index (χ1) is 3.15. The van der Waals surface area contributed by atoms with Crippen molar-refractivity contribution in [3.05, 3.63) is 0 Å². The number of rotatable bonds is 0. The largest absolute Gasteiger partial charge is 0.141 e. The molecule has 0 aromatic rings. The van der Waals surface area contributed by atoms with Crippen LogP contribution in [0.3, 0.4) is 0 Å². The zero-order valence-corrected chi connectivity index (χ0v) is 7.19. The minimum Gasteiger partial charge on any atom is -0.0704 e.